The Kier molecular flexibility index (Phi) is 3.56. The molecule has 100 valence electrons. The Labute approximate surface area is 107 Å². The smallest absolute Gasteiger partial charge is 0.274 e. The largest absolute Gasteiger partial charge is 0.396 e. The van der Waals surface area contributed by atoms with Crippen molar-refractivity contribution in [3.63, 3.8) is 0 Å². The van der Waals surface area contributed by atoms with Gasteiger partial charge in [-0.15, -0.1) is 0 Å². The van der Waals surface area contributed by atoms with Gasteiger partial charge in [0.1, 0.15) is 5.69 Å². The van der Waals surface area contributed by atoms with Crippen molar-refractivity contribution < 1.29 is 4.79 Å². The van der Waals surface area contributed by atoms with Crippen LogP contribution < -0.4 is 5.73 Å². The first-order valence-electron chi connectivity index (χ1n) is 6.31. The predicted molar refractivity (Wildman–Crippen MR) is 70.2 cm³/mol. The lowest BCUT2D eigenvalue weighted by molar-refractivity contribution is 0.0586. The lowest BCUT2D eigenvalue weighted by atomic mass is 10.2. The Bertz CT molecular complexity index is 412. The van der Waals surface area contributed by atoms with Gasteiger partial charge in [0.25, 0.3) is 5.91 Å². The van der Waals surface area contributed by atoms with Crippen molar-refractivity contribution in [2.45, 2.75) is 19.9 Å². The fourth-order valence-electron chi connectivity index (χ4n) is 2.31. The van der Waals surface area contributed by atoms with Gasteiger partial charge in [-0.05, 0) is 13.8 Å². The van der Waals surface area contributed by atoms with Gasteiger partial charge in [0.2, 0.25) is 0 Å². The van der Waals surface area contributed by atoms with Crippen LogP contribution in [-0.4, -0.2) is 57.7 Å². The van der Waals surface area contributed by atoms with E-state index in [9.17, 15) is 4.79 Å². The molecule has 0 unspecified atom stereocenters. The molecule has 0 saturated carbocycles. The average Bonchev–Trinajstić information content (AvgIpc) is 2.68. The molecule has 1 aromatic heterocycles. The average molecular weight is 251 g/mol. The summed E-state index contributed by atoms with van der Waals surface area (Å²) in [5.41, 5.74) is 6.73. The first-order valence-corrected chi connectivity index (χ1v) is 6.31. The van der Waals surface area contributed by atoms with Gasteiger partial charge in [-0.2, -0.15) is 5.10 Å². The standard InChI is InChI=1S/C12H21N5O/c1-9(2)16-4-6-17(7-5-16)12(18)11-10(13)8-14-15(11)3/h8-9H,4-7,13H2,1-3H3. The number of nitrogens with zero attached hydrogens (tertiary/aromatic N) is 4. The third kappa shape index (κ3) is 2.33. The molecule has 1 fully saturated rings. The zero-order valence-corrected chi connectivity index (χ0v) is 11.3. The predicted octanol–water partition coefficient (Wildman–Crippen LogP) is 0.169. The number of hydrogen-bond acceptors (Lipinski definition) is 4. The molecule has 1 saturated heterocycles. The quantitative estimate of drug-likeness (QED) is 0.813. The number of aromatic nitrogens is 2. The van der Waals surface area contributed by atoms with Gasteiger partial charge in [0.05, 0.1) is 11.9 Å². The van der Waals surface area contributed by atoms with Crippen molar-refractivity contribution in [2.24, 2.45) is 7.05 Å². The summed E-state index contributed by atoms with van der Waals surface area (Å²) in [6, 6.07) is 0.532. The van der Waals surface area contributed by atoms with Gasteiger partial charge in [0.15, 0.2) is 0 Å². The molecular weight excluding hydrogens is 230 g/mol. The molecule has 2 N–H and O–H groups in total. The summed E-state index contributed by atoms with van der Waals surface area (Å²) < 4.78 is 1.55. The molecule has 1 aliphatic rings. The number of carbonyl (C=O) groups is 1. The van der Waals surface area contributed by atoms with Crippen LogP contribution in [0.2, 0.25) is 0 Å². The lowest BCUT2D eigenvalue weighted by Gasteiger charge is -2.36. The minimum atomic E-state index is -0.0177. The van der Waals surface area contributed by atoms with E-state index in [0.717, 1.165) is 26.2 Å². The van der Waals surface area contributed by atoms with Crippen molar-refractivity contribution in [3.05, 3.63) is 11.9 Å². The van der Waals surface area contributed by atoms with Crippen LogP contribution in [0.5, 0.6) is 0 Å². The number of nitrogen functional groups attached to an aromatic ring is 1. The van der Waals surface area contributed by atoms with E-state index in [2.05, 4.69) is 23.8 Å². The molecule has 0 spiro atoms. The van der Waals surface area contributed by atoms with Crippen LogP contribution in [0.1, 0.15) is 24.3 Å². The second-order valence-corrected chi connectivity index (χ2v) is 4.99. The van der Waals surface area contributed by atoms with Crippen LogP contribution in [0.3, 0.4) is 0 Å². The molecule has 0 aromatic carbocycles. The number of piperazine rings is 1. The molecule has 1 amide bonds. The SMILES string of the molecule is CC(C)N1CCN(C(=O)c2c(N)cnn2C)CC1. The molecule has 2 heterocycles. The van der Waals surface area contributed by atoms with Gasteiger partial charge in [-0.25, -0.2) is 0 Å². The molecule has 6 nitrogen and oxygen atoms in total. The minimum absolute atomic E-state index is 0.0177. The normalized spacial score (nSPS) is 17.4. The highest BCUT2D eigenvalue weighted by atomic mass is 16.2. The third-order valence-corrected chi connectivity index (χ3v) is 3.50. The fourth-order valence-corrected chi connectivity index (χ4v) is 2.31. The Morgan fingerprint density at radius 3 is 2.39 bits per heavy atom. The summed E-state index contributed by atoms with van der Waals surface area (Å²) in [4.78, 5) is 16.6. The fraction of sp³-hybridized carbons (Fsp3) is 0.667. The summed E-state index contributed by atoms with van der Waals surface area (Å²) in [6.07, 6.45) is 1.53. The van der Waals surface area contributed by atoms with E-state index in [4.69, 9.17) is 5.73 Å². The number of aryl methyl sites for hydroxylation is 1. The van der Waals surface area contributed by atoms with Crippen molar-refractivity contribution in [1.82, 2.24) is 19.6 Å². The minimum Gasteiger partial charge on any atom is -0.396 e. The highest BCUT2D eigenvalue weighted by molar-refractivity contribution is 5.97. The van der Waals surface area contributed by atoms with Crippen molar-refractivity contribution in [2.75, 3.05) is 31.9 Å². The van der Waals surface area contributed by atoms with Crippen LogP contribution in [0, 0.1) is 0 Å². The van der Waals surface area contributed by atoms with E-state index < -0.39 is 0 Å². The molecule has 6 heteroatoms. The van der Waals surface area contributed by atoms with E-state index in [1.54, 1.807) is 11.7 Å². The zero-order valence-electron chi connectivity index (χ0n) is 11.3. The second kappa shape index (κ2) is 4.97. The zero-order chi connectivity index (χ0) is 13.3. The number of hydrogen-bond donors (Lipinski definition) is 1. The molecular formula is C12H21N5O. The van der Waals surface area contributed by atoms with Gasteiger partial charge in [-0.1, -0.05) is 0 Å². The highest BCUT2D eigenvalue weighted by Gasteiger charge is 2.26. The lowest BCUT2D eigenvalue weighted by Crippen LogP contribution is -2.51. The van der Waals surface area contributed by atoms with Crippen molar-refractivity contribution >= 4 is 11.6 Å². The Hall–Kier alpha value is -1.56. The molecule has 18 heavy (non-hydrogen) atoms. The summed E-state index contributed by atoms with van der Waals surface area (Å²) >= 11 is 0. The van der Waals surface area contributed by atoms with E-state index in [1.807, 2.05) is 4.90 Å². The highest BCUT2D eigenvalue weighted by Crippen LogP contribution is 2.15. The Morgan fingerprint density at radius 2 is 1.94 bits per heavy atom. The van der Waals surface area contributed by atoms with Crippen molar-refractivity contribution in [3.8, 4) is 0 Å². The van der Waals surface area contributed by atoms with E-state index in [0.29, 0.717) is 17.4 Å². The van der Waals surface area contributed by atoms with Crippen LogP contribution in [-0.2, 0) is 7.05 Å². The number of rotatable bonds is 2. The van der Waals surface area contributed by atoms with Crippen LogP contribution in [0.4, 0.5) is 5.69 Å². The van der Waals surface area contributed by atoms with Gasteiger partial charge in [0, 0.05) is 39.3 Å². The molecule has 1 aromatic rings. The summed E-state index contributed by atoms with van der Waals surface area (Å²) in [5, 5.41) is 4.01. The van der Waals surface area contributed by atoms with Crippen LogP contribution in [0.25, 0.3) is 0 Å². The first kappa shape index (κ1) is 12.9. The first-order chi connectivity index (χ1) is 8.50. The maximum absolute atomic E-state index is 12.3. The summed E-state index contributed by atoms with van der Waals surface area (Å²) in [6.45, 7) is 7.69. The summed E-state index contributed by atoms with van der Waals surface area (Å²) in [5.74, 6) is -0.0177. The molecule has 2 rings (SSSR count). The van der Waals surface area contributed by atoms with Crippen LogP contribution in [0.15, 0.2) is 6.20 Å². The number of amides is 1. The third-order valence-electron chi connectivity index (χ3n) is 3.50. The number of carbonyl (C=O) groups excluding carboxylic acids is 1. The molecule has 0 bridgehead atoms. The topological polar surface area (TPSA) is 67.4 Å². The van der Waals surface area contributed by atoms with Gasteiger partial charge >= 0.3 is 0 Å². The monoisotopic (exact) mass is 251 g/mol. The van der Waals surface area contributed by atoms with Gasteiger partial charge < -0.3 is 10.6 Å². The maximum atomic E-state index is 12.3. The molecule has 0 aliphatic carbocycles. The van der Waals surface area contributed by atoms with E-state index >= 15 is 0 Å². The van der Waals surface area contributed by atoms with Gasteiger partial charge in [-0.3, -0.25) is 14.4 Å². The number of anilines is 1. The number of nitrogens with two attached hydrogens (primary N) is 1. The molecule has 0 atom stereocenters. The Morgan fingerprint density at radius 1 is 1.33 bits per heavy atom. The Balaban J connectivity index is 2.04. The van der Waals surface area contributed by atoms with Crippen molar-refractivity contribution in [1.29, 1.82) is 0 Å². The van der Waals surface area contributed by atoms with E-state index in [-0.39, 0.29) is 5.91 Å². The van der Waals surface area contributed by atoms with Crippen LogP contribution >= 0.6 is 0 Å². The van der Waals surface area contributed by atoms with E-state index in [1.165, 1.54) is 6.20 Å². The maximum Gasteiger partial charge on any atom is 0.274 e. The second-order valence-electron chi connectivity index (χ2n) is 4.99. The summed E-state index contributed by atoms with van der Waals surface area (Å²) in [7, 11) is 1.74. The molecule has 1 aliphatic heterocycles. The molecule has 0 radical (unpaired) electrons.